The van der Waals surface area contributed by atoms with Crippen molar-refractivity contribution < 1.29 is 14.4 Å². The number of likely N-dealkylation sites (tertiary alicyclic amines) is 1. The van der Waals surface area contributed by atoms with Crippen molar-refractivity contribution in [3.63, 3.8) is 0 Å². The lowest BCUT2D eigenvalue weighted by Crippen LogP contribution is -2.59. The van der Waals surface area contributed by atoms with Gasteiger partial charge in [-0.2, -0.15) is 0 Å². The lowest BCUT2D eigenvalue weighted by Gasteiger charge is -2.42. The third-order valence-corrected chi connectivity index (χ3v) is 6.66. The number of carbonyl (C=O) groups is 3. The molecule has 2 aromatic carbocycles. The minimum Gasteiger partial charge on any atom is -0.330 e. The maximum Gasteiger partial charge on any atom is 0.321 e. The van der Waals surface area contributed by atoms with Crippen LogP contribution in [0, 0.1) is 20.8 Å². The minimum absolute atomic E-state index is 0.00673. The van der Waals surface area contributed by atoms with E-state index in [4.69, 9.17) is 0 Å². The second-order valence-corrected chi connectivity index (χ2v) is 9.18. The molecule has 0 unspecified atom stereocenters. The van der Waals surface area contributed by atoms with Crippen LogP contribution in [0.2, 0.25) is 0 Å². The van der Waals surface area contributed by atoms with Crippen LogP contribution in [-0.2, 0) is 16.1 Å². The smallest absolute Gasteiger partial charge is 0.321 e. The molecule has 4 amide bonds. The fraction of sp³-hybridized carbons (Fsp3) is 0.423. The van der Waals surface area contributed by atoms with E-state index in [2.05, 4.69) is 5.32 Å². The molecule has 0 aliphatic carbocycles. The van der Waals surface area contributed by atoms with Crippen LogP contribution in [0.5, 0.6) is 0 Å². The summed E-state index contributed by atoms with van der Waals surface area (Å²) in [6.45, 7) is 8.65. The summed E-state index contributed by atoms with van der Waals surface area (Å²) < 4.78 is 0. The van der Waals surface area contributed by atoms with Crippen molar-refractivity contribution in [1.29, 1.82) is 0 Å². The fourth-order valence-electron chi connectivity index (χ4n) is 4.55. The Labute approximate surface area is 195 Å². The van der Waals surface area contributed by atoms with Gasteiger partial charge in [-0.05, 0) is 56.4 Å². The van der Waals surface area contributed by atoms with Crippen molar-refractivity contribution in [3.8, 4) is 0 Å². The van der Waals surface area contributed by atoms with E-state index in [1.165, 1.54) is 5.56 Å². The topological polar surface area (TPSA) is 73.0 Å². The number of piperazine rings is 1. The van der Waals surface area contributed by atoms with Crippen LogP contribution in [0.15, 0.2) is 42.5 Å². The summed E-state index contributed by atoms with van der Waals surface area (Å²) in [6, 6.07) is 13.9. The predicted octanol–water partition coefficient (Wildman–Crippen LogP) is 3.48. The van der Waals surface area contributed by atoms with Crippen LogP contribution < -0.4 is 5.32 Å². The van der Waals surface area contributed by atoms with Gasteiger partial charge in [0.15, 0.2) is 0 Å². The van der Waals surface area contributed by atoms with Crippen LogP contribution in [0.4, 0.5) is 10.5 Å². The number of aryl methyl sites for hydroxylation is 3. The highest BCUT2D eigenvalue weighted by Gasteiger charge is 2.38. The van der Waals surface area contributed by atoms with E-state index in [1.54, 1.807) is 14.7 Å². The number of hydrogen-bond acceptors (Lipinski definition) is 3. The molecule has 2 aromatic rings. The monoisotopic (exact) mass is 448 g/mol. The zero-order valence-electron chi connectivity index (χ0n) is 19.6. The third kappa shape index (κ3) is 5.18. The molecular formula is C26H32N4O3. The standard InChI is InChI=1S/C26H32N4O3/c1-18-5-8-21(9-6-18)17-29-14-15-30(25(32)24(29)31)22-10-12-28(13-11-22)26(33)27-23-16-19(2)4-7-20(23)3/h4-9,16,22H,10-15,17H2,1-3H3,(H,27,33). The van der Waals surface area contributed by atoms with Gasteiger partial charge in [-0.15, -0.1) is 0 Å². The molecule has 0 atom stereocenters. The van der Waals surface area contributed by atoms with Gasteiger partial charge < -0.3 is 20.0 Å². The summed E-state index contributed by atoms with van der Waals surface area (Å²) >= 11 is 0. The zero-order valence-corrected chi connectivity index (χ0v) is 19.6. The van der Waals surface area contributed by atoms with Crippen molar-refractivity contribution >= 4 is 23.5 Å². The summed E-state index contributed by atoms with van der Waals surface area (Å²) in [5.74, 6) is -0.858. The largest absolute Gasteiger partial charge is 0.330 e. The van der Waals surface area contributed by atoms with E-state index in [0.717, 1.165) is 22.4 Å². The Bertz CT molecular complexity index is 1040. The molecule has 0 spiro atoms. The Hall–Kier alpha value is -3.35. The van der Waals surface area contributed by atoms with Gasteiger partial charge in [0.05, 0.1) is 0 Å². The van der Waals surface area contributed by atoms with Crippen molar-refractivity contribution in [3.05, 3.63) is 64.7 Å². The van der Waals surface area contributed by atoms with Gasteiger partial charge in [0.2, 0.25) is 0 Å². The molecule has 33 heavy (non-hydrogen) atoms. The van der Waals surface area contributed by atoms with E-state index in [1.807, 2.05) is 63.2 Å². The number of amides is 4. The van der Waals surface area contributed by atoms with Crippen molar-refractivity contribution in [1.82, 2.24) is 14.7 Å². The average Bonchev–Trinajstić information content (AvgIpc) is 2.81. The van der Waals surface area contributed by atoms with E-state index in [9.17, 15) is 14.4 Å². The molecule has 2 saturated heterocycles. The van der Waals surface area contributed by atoms with E-state index < -0.39 is 11.8 Å². The summed E-state index contributed by atoms with van der Waals surface area (Å²) in [7, 11) is 0. The molecule has 0 aromatic heterocycles. The van der Waals surface area contributed by atoms with Crippen molar-refractivity contribution in [2.24, 2.45) is 0 Å². The number of piperidine rings is 1. The maximum absolute atomic E-state index is 12.8. The zero-order chi connectivity index (χ0) is 23.5. The second-order valence-electron chi connectivity index (χ2n) is 9.18. The summed E-state index contributed by atoms with van der Waals surface area (Å²) in [5.41, 5.74) is 5.14. The van der Waals surface area contributed by atoms with E-state index >= 15 is 0 Å². The number of rotatable bonds is 4. The van der Waals surface area contributed by atoms with Crippen molar-refractivity contribution in [2.75, 3.05) is 31.5 Å². The molecule has 2 aliphatic rings. The van der Waals surface area contributed by atoms with E-state index in [-0.39, 0.29) is 12.1 Å². The summed E-state index contributed by atoms with van der Waals surface area (Å²) in [6.07, 6.45) is 1.36. The molecule has 2 aliphatic heterocycles. The molecule has 1 N–H and O–H groups in total. The fourth-order valence-corrected chi connectivity index (χ4v) is 4.55. The Kier molecular flexibility index (Phi) is 6.67. The minimum atomic E-state index is -0.433. The first-order valence-corrected chi connectivity index (χ1v) is 11.6. The first-order valence-electron chi connectivity index (χ1n) is 11.6. The summed E-state index contributed by atoms with van der Waals surface area (Å²) in [5, 5.41) is 3.01. The van der Waals surface area contributed by atoms with Gasteiger partial charge in [0.25, 0.3) is 0 Å². The molecule has 174 valence electrons. The molecule has 2 heterocycles. The van der Waals surface area contributed by atoms with Gasteiger partial charge in [0, 0.05) is 44.5 Å². The SMILES string of the molecule is Cc1ccc(CN2CCN(C3CCN(C(=O)Nc4cc(C)ccc4C)CC3)C(=O)C2=O)cc1. The highest BCUT2D eigenvalue weighted by atomic mass is 16.2. The maximum atomic E-state index is 12.8. The average molecular weight is 449 g/mol. The Morgan fingerprint density at radius 2 is 1.55 bits per heavy atom. The molecule has 2 fully saturated rings. The predicted molar refractivity (Wildman–Crippen MR) is 128 cm³/mol. The third-order valence-electron chi connectivity index (χ3n) is 6.66. The number of hydrogen-bond donors (Lipinski definition) is 1. The Morgan fingerprint density at radius 1 is 0.879 bits per heavy atom. The molecule has 0 saturated carbocycles. The quantitative estimate of drug-likeness (QED) is 0.728. The van der Waals surface area contributed by atoms with E-state index in [0.29, 0.717) is 45.6 Å². The highest BCUT2D eigenvalue weighted by molar-refractivity contribution is 6.35. The van der Waals surface area contributed by atoms with Gasteiger partial charge in [0.1, 0.15) is 0 Å². The molecule has 4 rings (SSSR count). The van der Waals surface area contributed by atoms with Crippen LogP contribution in [0.25, 0.3) is 0 Å². The lowest BCUT2D eigenvalue weighted by molar-refractivity contribution is -0.158. The first kappa shape index (κ1) is 22.8. The molecule has 0 bridgehead atoms. The normalized spacial score (nSPS) is 17.5. The lowest BCUT2D eigenvalue weighted by atomic mass is 10.0. The van der Waals surface area contributed by atoms with Gasteiger partial charge in [-0.3, -0.25) is 9.59 Å². The number of benzene rings is 2. The van der Waals surface area contributed by atoms with Crippen LogP contribution in [0.3, 0.4) is 0 Å². The number of nitrogens with zero attached hydrogens (tertiary/aromatic N) is 3. The number of carbonyl (C=O) groups excluding carboxylic acids is 3. The number of urea groups is 1. The Morgan fingerprint density at radius 3 is 2.24 bits per heavy atom. The van der Waals surface area contributed by atoms with Gasteiger partial charge in [-0.25, -0.2) is 4.79 Å². The molecule has 7 heteroatoms. The highest BCUT2D eigenvalue weighted by Crippen LogP contribution is 2.22. The number of anilines is 1. The number of nitrogens with one attached hydrogen (secondary N) is 1. The van der Waals surface area contributed by atoms with Crippen LogP contribution >= 0.6 is 0 Å². The second kappa shape index (κ2) is 9.65. The molecule has 0 radical (unpaired) electrons. The molecule has 7 nitrogen and oxygen atoms in total. The van der Waals surface area contributed by atoms with Gasteiger partial charge in [-0.1, -0.05) is 42.0 Å². The Balaban J connectivity index is 1.30. The summed E-state index contributed by atoms with van der Waals surface area (Å²) in [4.78, 5) is 43.5. The van der Waals surface area contributed by atoms with Crippen LogP contribution in [0.1, 0.15) is 35.1 Å². The first-order chi connectivity index (χ1) is 15.8. The van der Waals surface area contributed by atoms with Gasteiger partial charge >= 0.3 is 17.8 Å². The van der Waals surface area contributed by atoms with Crippen molar-refractivity contribution in [2.45, 2.75) is 46.2 Å². The van der Waals surface area contributed by atoms with Crippen LogP contribution in [-0.4, -0.2) is 64.8 Å². The molecular weight excluding hydrogens is 416 g/mol.